The second-order valence-electron chi connectivity index (χ2n) is 3.65. The molecule has 0 amide bonds. The molecular weight excluding hydrogens is 271 g/mol. The first-order valence-electron chi connectivity index (χ1n) is 5.07. The lowest BCUT2D eigenvalue weighted by molar-refractivity contribution is -0.137. The highest BCUT2D eigenvalue weighted by atomic mass is 19.4. The molecule has 0 heterocycles. The van der Waals surface area contributed by atoms with Crippen LogP contribution in [0.25, 0.3) is 0 Å². The second kappa shape index (κ2) is 5.84. The standard InChI is InChI=1S/C11H9F5N2O/c12-10(13)9(19)5-18-7-2-1-6(4-17)8(3-7)11(14,15)16/h1-3,9-10,18-19H,5H2. The summed E-state index contributed by atoms with van der Waals surface area (Å²) in [6, 6.07) is 4.11. The SMILES string of the molecule is N#Cc1ccc(NCC(O)C(F)F)cc1C(F)(F)F. The number of nitrogens with zero attached hydrogens (tertiary/aromatic N) is 1. The quantitative estimate of drug-likeness (QED) is 0.833. The van der Waals surface area contributed by atoms with E-state index in [1.54, 1.807) is 0 Å². The maximum atomic E-state index is 12.6. The summed E-state index contributed by atoms with van der Waals surface area (Å²) in [6.07, 6.45) is -9.69. The van der Waals surface area contributed by atoms with E-state index in [-0.39, 0.29) is 5.69 Å². The molecule has 0 aliphatic rings. The molecule has 0 saturated carbocycles. The summed E-state index contributed by atoms with van der Waals surface area (Å²) < 4.78 is 61.8. The Morgan fingerprint density at radius 3 is 2.42 bits per heavy atom. The van der Waals surface area contributed by atoms with Gasteiger partial charge in [0.05, 0.1) is 17.2 Å². The van der Waals surface area contributed by atoms with Crippen molar-refractivity contribution in [3.05, 3.63) is 29.3 Å². The number of alkyl halides is 5. The van der Waals surface area contributed by atoms with Crippen molar-refractivity contribution in [2.75, 3.05) is 11.9 Å². The van der Waals surface area contributed by atoms with Gasteiger partial charge in [0.25, 0.3) is 6.43 Å². The average molecular weight is 280 g/mol. The zero-order valence-electron chi connectivity index (χ0n) is 9.38. The van der Waals surface area contributed by atoms with Crippen LogP contribution in [0, 0.1) is 11.3 Å². The topological polar surface area (TPSA) is 56.0 Å². The highest BCUT2D eigenvalue weighted by molar-refractivity contribution is 5.53. The molecule has 1 aromatic rings. The van der Waals surface area contributed by atoms with Crippen LogP contribution in [0.4, 0.5) is 27.6 Å². The Hall–Kier alpha value is -1.88. The Labute approximate surface area is 105 Å². The Morgan fingerprint density at radius 2 is 1.95 bits per heavy atom. The molecule has 1 rings (SSSR count). The van der Waals surface area contributed by atoms with E-state index in [1.807, 2.05) is 0 Å². The summed E-state index contributed by atoms with van der Waals surface area (Å²) in [5, 5.41) is 19.6. The minimum absolute atomic E-state index is 0.106. The van der Waals surface area contributed by atoms with Crippen LogP contribution < -0.4 is 5.32 Å². The fraction of sp³-hybridized carbons (Fsp3) is 0.364. The molecule has 2 N–H and O–H groups in total. The van der Waals surface area contributed by atoms with Gasteiger partial charge in [-0.2, -0.15) is 18.4 Å². The number of anilines is 1. The first-order chi connectivity index (χ1) is 8.75. The molecule has 0 saturated heterocycles. The van der Waals surface area contributed by atoms with Crippen LogP contribution in [0.15, 0.2) is 18.2 Å². The van der Waals surface area contributed by atoms with Crippen LogP contribution in [-0.4, -0.2) is 24.2 Å². The molecule has 1 unspecified atom stereocenters. The Morgan fingerprint density at radius 1 is 1.32 bits per heavy atom. The van der Waals surface area contributed by atoms with Crippen molar-refractivity contribution in [2.45, 2.75) is 18.7 Å². The fourth-order valence-corrected chi connectivity index (χ4v) is 1.30. The summed E-state index contributed by atoms with van der Waals surface area (Å²) in [7, 11) is 0. The van der Waals surface area contributed by atoms with Gasteiger partial charge in [-0.3, -0.25) is 0 Å². The predicted molar refractivity (Wildman–Crippen MR) is 56.7 cm³/mol. The third kappa shape index (κ3) is 4.06. The average Bonchev–Trinajstić information content (AvgIpc) is 2.34. The number of nitriles is 1. The Bertz CT molecular complexity index is 481. The Kier molecular flexibility index (Phi) is 4.67. The van der Waals surface area contributed by atoms with Crippen LogP contribution in [0.2, 0.25) is 0 Å². The largest absolute Gasteiger partial charge is 0.417 e. The van der Waals surface area contributed by atoms with Gasteiger partial charge >= 0.3 is 6.18 Å². The van der Waals surface area contributed by atoms with Crippen molar-refractivity contribution in [2.24, 2.45) is 0 Å². The smallest absolute Gasteiger partial charge is 0.385 e. The van der Waals surface area contributed by atoms with Gasteiger partial charge in [0, 0.05) is 12.2 Å². The first kappa shape index (κ1) is 15.2. The molecule has 0 aliphatic heterocycles. The molecule has 0 bridgehead atoms. The van der Waals surface area contributed by atoms with Crippen LogP contribution in [0.1, 0.15) is 11.1 Å². The van der Waals surface area contributed by atoms with E-state index in [9.17, 15) is 22.0 Å². The molecule has 0 aliphatic carbocycles. The van der Waals surface area contributed by atoms with E-state index >= 15 is 0 Å². The summed E-state index contributed by atoms with van der Waals surface area (Å²) in [4.78, 5) is 0. The maximum Gasteiger partial charge on any atom is 0.417 e. The van der Waals surface area contributed by atoms with E-state index in [2.05, 4.69) is 5.32 Å². The summed E-state index contributed by atoms with van der Waals surface area (Å²) >= 11 is 0. The van der Waals surface area contributed by atoms with Crippen LogP contribution >= 0.6 is 0 Å². The van der Waals surface area contributed by atoms with Crippen LogP contribution in [0.3, 0.4) is 0 Å². The monoisotopic (exact) mass is 280 g/mol. The normalized spacial score (nSPS) is 13.2. The minimum atomic E-state index is -4.72. The van der Waals surface area contributed by atoms with Crippen molar-refractivity contribution in [3.8, 4) is 6.07 Å². The first-order valence-corrected chi connectivity index (χ1v) is 5.07. The molecule has 104 valence electrons. The summed E-state index contributed by atoms with van der Waals surface area (Å²) in [5.74, 6) is 0. The van der Waals surface area contributed by atoms with Crippen molar-refractivity contribution in [1.29, 1.82) is 5.26 Å². The van der Waals surface area contributed by atoms with Crippen molar-refractivity contribution >= 4 is 5.69 Å². The van der Waals surface area contributed by atoms with Gasteiger partial charge in [-0.25, -0.2) is 8.78 Å². The summed E-state index contributed by atoms with van der Waals surface area (Å²) in [5.41, 5.74) is -1.83. The number of aliphatic hydroxyl groups excluding tert-OH is 1. The van der Waals surface area contributed by atoms with Gasteiger partial charge in [0.15, 0.2) is 0 Å². The number of hydrogen-bond donors (Lipinski definition) is 2. The lowest BCUT2D eigenvalue weighted by Crippen LogP contribution is -2.26. The van der Waals surface area contributed by atoms with Gasteiger partial charge in [-0.1, -0.05) is 0 Å². The number of nitrogens with one attached hydrogen (secondary N) is 1. The number of aliphatic hydroxyl groups is 1. The van der Waals surface area contributed by atoms with Crippen molar-refractivity contribution in [1.82, 2.24) is 0 Å². The van der Waals surface area contributed by atoms with Crippen LogP contribution in [-0.2, 0) is 6.18 Å². The van der Waals surface area contributed by atoms with E-state index in [0.29, 0.717) is 6.07 Å². The second-order valence-corrected chi connectivity index (χ2v) is 3.65. The van der Waals surface area contributed by atoms with Gasteiger partial charge in [-0.05, 0) is 18.2 Å². The molecule has 0 radical (unpaired) electrons. The molecule has 0 spiro atoms. The molecule has 8 heteroatoms. The van der Waals surface area contributed by atoms with Gasteiger partial charge in [0.1, 0.15) is 6.10 Å². The molecular formula is C11H9F5N2O. The van der Waals surface area contributed by atoms with Crippen LogP contribution in [0.5, 0.6) is 0 Å². The molecule has 19 heavy (non-hydrogen) atoms. The number of benzene rings is 1. The lowest BCUT2D eigenvalue weighted by Gasteiger charge is -2.14. The van der Waals surface area contributed by atoms with E-state index in [4.69, 9.17) is 10.4 Å². The molecule has 0 fully saturated rings. The highest BCUT2D eigenvalue weighted by Crippen LogP contribution is 2.33. The van der Waals surface area contributed by atoms with E-state index in [1.165, 1.54) is 6.07 Å². The zero-order chi connectivity index (χ0) is 14.6. The third-order valence-corrected chi connectivity index (χ3v) is 2.25. The lowest BCUT2D eigenvalue weighted by atomic mass is 10.1. The molecule has 1 aromatic carbocycles. The van der Waals surface area contributed by atoms with E-state index < -0.39 is 36.4 Å². The van der Waals surface area contributed by atoms with Crippen molar-refractivity contribution < 1.29 is 27.1 Å². The number of rotatable bonds is 4. The fourth-order valence-electron chi connectivity index (χ4n) is 1.30. The van der Waals surface area contributed by atoms with Crippen molar-refractivity contribution in [3.63, 3.8) is 0 Å². The minimum Gasteiger partial charge on any atom is -0.385 e. The van der Waals surface area contributed by atoms with E-state index in [0.717, 1.165) is 12.1 Å². The van der Waals surface area contributed by atoms with Gasteiger partial charge in [-0.15, -0.1) is 0 Å². The molecule has 1 atom stereocenters. The summed E-state index contributed by atoms with van der Waals surface area (Å²) in [6.45, 7) is -0.596. The van der Waals surface area contributed by atoms with Gasteiger partial charge in [0.2, 0.25) is 0 Å². The van der Waals surface area contributed by atoms with Gasteiger partial charge < -0.3 is 10.4 Å². The number of halogens is 5. The number of hydrogen-bond acceptors (Lipinski definition) is 3. The molecule has 0 aromatic heterocycles. The Balaban J connectivity index is 2.91. The highest BCUT2D eigenvalue weighted by Gasteiger charge is 2.33. The third-order valence-electron chi connectivity index (χ3n) is 2.25. The maximum absolute atomic E-state index is 12.6. The zero-order valence-corrected chi connectivity index (χ0v) is 9.38. The molecule has 3 nitrogen and oxygen atoms in total. The predicted octanol–water partition coefficient (Wildman–Crippen LogP) is 2.61.